The molecule has 0 radical (unpaired) electrons. The minimum absolute atomic E-state index is 0.0306. The number of nitrogens with one attached hydrogen (secondary N) is 2. The maximum absolute atomic E-state index is 13.5. The molecular weight excluding hydrogens is 704 g/mol. The van der Waals surface area contributed by atoms with Crippen LogP contribution in [0.1, 0.15) is 32.8 Å². The van der Waals surface area contributed by atoms with E-state index in [1.54, 1.807) is 4.72 Å². The highest BCUT2D eigenvalue weighted by atomic mass is 32.2. The summed E-state index contributed by atoms with van der Waals surface area (Å²) in [7, 11) is -10.2. The zero-order chi connectivity index (χ0) is 35.4. The van der Waals surface area contributed by atoms with Gasteiger partial charge in [-0.1, -0.05) is 6.07 Å². The normalized spacial score (nSPS) is 12.8. The van der Waals surface area contributed by atoms with Crippen LogP contribution in [0.5, 0.6) is 23.0 Å². The van der Waals surface area contributed by atoms with Crippen molar-refractivity contribution in [2.45, 2.75) is 16.2 Å². The number of nitriles is 1. The van der Waals surface area contributed by atoms with Crippen molar-refractivity contribution in [1.29, 1.82) is 5.26 Å². The van der Waals surface area contributed by atoms with Gasteiger partial charge in [-0.2, -0.15) is 23.2 Å². The van der Waals surface area contributed by atoms with Crippen LogP contribution in [-0.4, -0.2) is 60.6 Å². The number of fused-ring (bicyclic) bond motifs is 1. The molecule has 0 fully saturated rings. The third-order valence-electron chi connectivity index (χ3n) is 6.47. The van der Waals surface area contributed by atoms with Crippen LogP contribution in [0.15, 0.2) is 58.8 Å². The number of phenolic OH excluding ortho intramolecular Hbond substituents is 2. The molecule has 3 aromatic carbocycles. The zero-order valence-electron chi connectivity index (χ0n) is 24.3. The lowest BCUT2D eigenvalue weighted by molar-refractivity contribution is -0.137. The van der Waals surface area contributed by atoms with Crippen molar-refractivity contribution < 1.29 is 60.4 Å². The molecule has 1 atom stereocenters. The Hall–Kier alpha value is -4.41. The van der Waals surface area contributed by atoms with Crippen LogP contribution in [0.2, 0.25) is 0 Å². The van der Waals surface area contributed by atoms with Gasteiger partial charge in [-0.15, -0.1) is 11.3 Å². The highest BCUT2D eigenvalue weighted by Gasteiger charge is 2.39. The number of phenols is 2. The monoisotopic (exact) mass is 730 g/mol. The Bertz CT molecular complexity index is 2050. The summed E-state index contributed by atoms with van der Waals surface area (Å²) in [6, 6.07) is 10.6. The van der Waals surface area contributed by atoms with Crippen LogP contribution in [0, 0.1) is 11.3 Å². The second-order valence-electron chi connectivity index (χ2n) is 9.87. The number of carbonyl (C=O) groups is 1. The molecule has 4 aromatic rings. The average Bonchev–Trinajstić information content (AvgIpc) is 3.44. The lowest BCUT2D eigenvalue weighted by atomic mass is 10.0. The number of thiophene rings is 1. The summed E-state index contributed by atoms with van der Waals surface area (Å²) in [6.07, 6.45) is -5.07. The van der Waals surface area contributed by atoms with Crippen LogP contribution in [0.4, 0.5) is 13.2 Å². The largest absolute Gasteiger partial charge is 0.504 e. The molecule has 1 unspecified atom stereocenters. The highest BCUT2D eigenvalue weighted by molar-refractivity contribution is 7.92. The molecule has 0 spiro atoms. The standard InChI is InChI=1S/C28H26F3N4O10PS2/c29-28(30,31)19-9-16(1-2-17(19)14-33)27(46(39,40)41)35-48(42,43)25-12-18-11-22(23(44-7-5-32)13-24(18)47-25)45-8-6-34-26(38)15-3-4-20(36)21(37)10-15/h1-4,9-13,27,35-37H,5-8,32H2,(H,34,38)(H2,39,40,41). The van der Waals surface area contributed by atoms with Gasteiger partial charge in [-0.25, -0.2) is 8.42 Å². The van der Waals surface area contributed by atoms with E-state index in [0.29, 0.717) is 28.2 Å². The number of rotatable bonds is 13. The van der Waals surface area contributed by atoms with E-state index in [2.05, 4.69) is 5.32 Å². The Labute approximate surface area is 274 Å². The van der Waals surface area contributed by atoms with Crippen molar-refractivity contribution in [2.75, 3.05) is 26.3 Å². The summed E-state index contributed by atoms with van der Waals surface area (Å²) < 4.78 is 92.6. The molecule has 0 bridgehead atoms. The fraction of sp³-hybridized carbons (Fsp3) is 0.214. The molecule has 1 heterocycles. The van der Waals surface area contributed by atoms with E-state index in [1.807, 2.05) is 0 Å². The van der Waals surface area contributed by atoms with E-state index in [0.717, 1.165) is 24.3 Å². The molecule has 4 rings (SSSR count). The fourth-order valence-electron chi connectivity index (χ4n) is 4.24. The molecule has 14 nitrogen and oxygen atoms in total. The third-order valence-corrected chi connectivity index (χ3v) is 10.7. The van der Waals surface area contributed by atoms with E-state index in [-0.39, 0.29) is 48.8 Å². The summed E-state index contributed by atoms with van der Waals surface area (Å²) in [5.41, 5.74) is 2.56. The van der Waals surface area contributed by atoms with Gasteiger partial charge in [-0.3, -0.25) is 9.36 Å². The summed E-state index contributed by atoms with van der Waals surface area (Å²) in [5, 5.41) is 30.9. The summed E-state index contributed by atoms with van der Waals surface area (Å²) in [6.45, 7) is 0.00840. The second-order valence-corrected chi connectivity index (χ2v) is 14.6. The van der Waals surface area contributed by atoms with Crippen LogP contribution in [0.25, 0.3) is 10.1 Å². The van der Waals surface area contributed by atoms with E-state index < -0.39 is 67.9 Å². The lowest BCUT2D eigenvalue weighted by Crippen LogP contribution is -2.28. The molecule has 0 saturated heterocycles. The van der Waals surface area contributed by atoms with Gasteiger partial charge >= 0.3 is 13.8 Å². The highest BCUT2D eigenvalue weighted by Crippen LogP contribution is 2.52. The number of amides is 1. The summed E-state index contributed by atoms with van der Waals surface area (Å²) in [4.78, 5) is 32.2. The molecule has 1 aromatic heterocycles. The Morgan fingerprint density at radius 1 is 1.02 bits per heavy atom. The third kappa shape index (κ3) is 8.54. The van der Waals surface area contributed by atoms with Gasteiger partial charge in [0.1, 0.15) is 23.2 Å². The number of aromatic hydroxyl groups is 2. The molecule has 8 N–H and O–H groups in total. The van der Waals surface area contributed by atoms with Crippen molar-refractivity contribution >= 4 is 44.9 Å². The number of hydrogen-bond donors (Lipinski definition) is 7. The first-order valence-electron chi connectivity index (χ1n) is 13.5. The van der Waals surface area contributed by atoms with Gasteiger partial charge in [0.2, 0.25) is 0 Å². The van der Waals surface area contributed by atoms with E-state index in [4.69, 9.17) is 20.5 Å². The van der Waals surface area contributed by atoms with Gasteiger partial charge in [0, 0.05) is 22.9 Å². The van der Waals surface area contributed by atoms with Gasteiger partial charge in [-0.05, 0) is 53.4 Å². The molecule has 48 heavy (non-hydrogen) atoms. The van der Waals surface area contributed by atoms with E-state index in [1.165, 1.54) is 24.3 Å². The maximum Gasteiger partial charge on any atom is 0.417 e. The Balaban J connectivity index is 1.58. The Morgan fingerprint density at radius 2 is 1.71 bits per heavy atom. The number of nitrogens with two attached hydrogens (primary N) is 1. The van der Waals surface area contributed by atoms with Crippen LogP contribution in [0.3, 0.4) is 0 Å². The summed E-state index contributed by atoms with van der Waals surface area (Å²) in [5.74, 6) is -3.62. The SMILES string of the molecule is N#Cc1ccc(C(NS(=O)(=O)c2cc3cc(OCCNC(=O)c4ccc(O)c(O)c4)c(OCCN)cc3s2)P(=O)(O)O)cc1C(F)(F)F. The smallest absolute Gasteiger partial charge is 0.417 e. The molecule has 1 amide bonds. The maximum atomic E-state index is 13.5. The quantitative estimate of drug-likeness (QED) is 0.0594. The summed E-state index contributed by atoms with van der Waals surface area (Å²) >= 11 is 0.665. The van der Waals surface area contributed by atoms with Gasteiger partial charge < -0.3 is 40.5 Å². The Kier molecular flexibility index (Phi) is 10.9. The molecular formula is C28H26F3N4O10PS2. The predicted octanol–water partition coefficient (Wildman–Crippen LogP) is 3.50. The van der Waals surface area contributed by atoms with Gasteiger partial charge in [0.15, 0.2) is 23.0 Å². The molecule has 0 saturated carbocycles. The Morgan fingerprint density at radius 3 is 2.33 bits per heavy atom. The van der Waals surface area contributed by atoms with Crippen LogP contribution in [-0.2, 0) is 20.8 Å². The van der Waals surface area contributed by atoms with Crippen molar-refractivity contribution in [2.24, 2.45) is 5.73 Å². The topological polar surface area (TPSA) is 242 Å². The molecule has 0 aliphatic carbocycles. The first-order valence-corrected chi connectivity index (χ1v) is 17.4. The second kappa shape index (κ2) is 14.4. The van der Waals surface area contributed by atoms with Gasteiger partial charge in [0.05, 0.1) is 23.7 Å². The van der Waals surface area contributed by atoms with E-state index >= 15 is 0 Å². The predicted molar refractivity (Wildman–Crippen MR) is 165 cm³/mol. The number of carbonyl (C=O) groups excluding carboxylic acids is 1. The van der Waals surface area contributed by atoms with Crippen LogP contribution < -0.4 is 25.2 Å². The minimum Gasteiger partial charge on any atom is -0.504 e. The van der Waals surface area contributed by atoms with Crippen molar-refractivity contribution in [3.05, 3.63) is 76.9 Å². The minimum atomic E-state index is -5.46. The molecule has 256 valence electrons. The van der Waals surface area contributed by atoms with Crippen molar-refractivity contribution in [3.8, 4) is 29.1 Å². The number of ether oxygens (including phenoxy) is 2. The van der Waals surface area contributed by atoms with Crippen molar-refractivity contribution in [3.63, 3.8) is 0 Å². The molecule has 0 aliphatic heterocycles. The number of nitrogens with zero attached hydrogens (tertiary/aromatic N) is 1. The number of alkyl halides is 3. The zero-order valence-corrected chi connectivity index (χ0v) is 26.8. The number of halogens is 3. The lowest BCUT2D eigenvalue weighted by Gasteiger charge is -2.21. The fourth-order valence-corrected chi connectivity index (χ4v) is 8.24. The van der Waals surface area contributed by atoms with Crippen molar-refractivity contribution in [1.82, 2.24) is 10.0 Å². The number of sulfonamides is 1. The van der Waals surface area contributed by atoms with Crippen LogP contribution >= 0.6 is 18.9 Å². The number of hydrogen-bond acceptors (Lipinski definition) is 11. The first-order chi connectivity index (χ1) is 22.4. The van der Waals surface area contributed by atoms with E-state index in [9.17, 15) is 50.9 Å². The van der Waals surface area contributed by atoms with Gasteiger partial charge in [0.25, 0.3) is 15.9 Å². The first kappa shape index (κ1) is 36.4. The molecule has 0 aliphatic rings. The molecule has 20 heteroatoms. The average molecular weight is 731 g/mol. The number of benzene rings is 3.